The van der Waals surface area contributed by atoms with Crippen molar-refractivity contribution in [2.75, 3.05) is 6.54 Å². The molecule has 0 spiro atoms. The fourth-order valence-corrected chi connectivity index (χ4v) is 3.33. The average Bonchev–Trinajstić information content (AvgIpc) is 2.77. The second-order valence-electron chi connectivity index (χ2n) is 4.52. The van der Waals surface area contributed by atoms with Crippen molar-refractivity contribution in [3.8, 4) is 0 Å². The van der Waals surface area contributed by atoms with Crippen molar-refractivity contribution >= 4 is 10.0 Å². The van der Waals surface area contributed by atoms with Gasteiger partial charge in [-0.05, 0) is 19.4 Å². The number of nitrogens with two attached hydrogens (primary N) is 1. The summed E-state index contributed by atoms with van der Waals surface area (Å²) >= 11 is 0. The average molecular weight is 295 g/mol. The Balaban J connectivity index is 2.11. The Kier molecular flexibility index (Phi) is 4.22. The molecule has 2 rings (SSSR count). The van der Waals surface area contributed by atoms with Crippen LogP contribution < -0.4 is 10.5 Å². The van der Waals surface area contributed by atoms with Gasteiger partial charge in [0.2, 0.25) is 10.0 Å². The maximum atomic E-state index is 12.2. The van der Waals surface area contributed by atoms with E-state index in [1.54, 1.807) is 13.8 Å². The molecular formula is C13H17N3O3S. The van der Waals surface area contributed by atoms with Crippen LogP contribution >= 0.6 is 0 Å². The van der Waals surface area contributed by atoms with Gasteiger partial charge in [-0.25, -0.2) is 13.1 Å². The largest absolute Gasteiger partial charge is 0.360 e. The van der Waals surface area contributed by atoms with Crippen LogP contribution in [-0.2, 0) is 10.0 Å². The number of nitrogens with one attached hydrogen (secondary N) is 1. The molecule has 0 amide bonds. The van der Waals surface area contributed by atoms with Crippen molar-refractivity contribution in [1.29, 1.82) is 0 Å². The molecule has 0 aliphatic rings. The molecule has 0 aliphatic carbocycles. The predicted octanol–water partition coefficient (Wildman–Crippen LogP) is 1.27. The van der Waals surface area contributed by atoms with E-state index in [0.717, 1.165) is 5.56 Å². The number of aryl methyl sites for hydroxylation is 2. The van der Waals surface area contributed by atoms with E-state index in [1.165, 1.54) is 0 Å². The van der Waals surface area contributed by atoms with E-state index in [9.17, 15) is 8.42 Å². The van der Waals surface area contributed by atoms with Gasteiger partial charge in [-0.2, -0.15) is 0 Å². The normalized spacial score (nSPS) is 13.3. The zero-order chi connectivity index (χ0) is 14.8. The molecule has 7 heteroatoms. The highest BCUT2D eigenvalue weighted by Crippen LogP contribution is 2.19. The van der Waals surface area contributed by atoms with Crippen molar-refractivity contribution in [3.63, 3.8) is 0 Å². The third-order valence-electron chi connectivity index (χ3n) is 2.96. The molecule has 20 heavy (non-hydrogen) atoms. The summed E-state index contributed by atoms with van der Waals surface area (Å²) in [4.78, 5) is 0.0813. The Morgan fingerprint density at radius 2 is 1.95 bits per heavy atom. The molecule has 1 heterocycles. The number of rotatable bonds is 5. The van der Waals surface area contributed by atoms with Crippen molar-refractivity contribution in [2.45, 2.75) is 24.8 Å². The number of aromatic nitrogens is 1. The van der Waals surface area contributed by atoms with Gasteiger partial charge < -0.3 is 10.3 Å². The first kappa shape index (κ1) is 14.7. The number of hydrogen-bond acceptors (Lipinski definition) is 5. The van der Waals surface area contributed by atoms with Gasteiger partial charge in [0.05, 0.1) is 0 Å². The van der Waals surface area contributed by atoms with Crippen LogP contribution in [0.2, 0.25) is 0 Å². The molecular weight excluding hydrogens is 278 g/mol. The molecule has 1 aromatic heterocycles. The van der Waals surface area contributed by atoms with Crippen molar-refractivity contribution in [3.05, 3.63) is 47.3 Å². The molecule has 6 nitrogen and oxygen atoms in total. The van der Waals surface area contributed by atoms with Gasteiger partial charge in [-0.15, -0.1) is 0 Å². The zero-order valence-corrected chi connectivity index (χ0v) is 12.1. The number of hydrogen-bond donors (Lipinski definition) is 2. The minimum atomic E-state index is -3.67. The van der Waals surface area contributed by atoms with Gasteiger partial charge in [0, 0.05) is 12.6 Å². The first-order chi connectivity index (χ1) is 9.42. The SMILES string of the molecule is Cc1noc(C)c1S(=O)(=O)NC[C@H](N)c1ccccc1. The molecule has 1 atom stereocenters. The molecule has 0 radical (unpaired) electrons. The summed E-state index contributed by atoms with van der Waals surface area (Å²) in [5.41, 5.74) is 7.17. The maximum Gasteiger partial charge on any atom is 0.246 e. The van der Waals surface area contributed by atoms with Crippen LogP contribution in [0.1, 0.15) is 23.1 Å². The molecule has 0 unspecified atom stereocenters. The fraction of sp³-hybridized carbons (Fsp3) is 0.308. The highest BCUT2D eigenvalue weighted by Gasteiger charge is 2.24. The molecule has 0 saturated carbocycles. The fourth-order valence-electron chi connectivity index (χ4n) is 1.95. The molecule has 2 aromatic rings. The lowest BCUT2D eigenvalue weighted by Gasteiger charge is -2.13. The molecule has 0 fully saturated rings. The van der Waals surface area contributed by atoms with E-state index < -0.39 is 16.1 Å². The maximum absolute atomic E-state index is 12.2. The summed E-state index contributed by atoms with van der Waals surface area (Å²) in [7, 11) is -3.67. The van der Waals surface area contributed by atoms with E-state index >= 15 is 0 Å². The summed E-state index contributed by atoms with van der Waals surface area (Å²) in [6.07, 6.45) is 0. The van der Waals surface area contributed by atoms with Crippen LogP contribution in [0.4, 0.5) is 0 Å². The van der Waals surface area contributed by atoms with E-state index in [4.69, 9.17) is 10.3 Å². The van der Waals surface area contributed by atoms with E-state index in [1.807, 2.05) is 30.3 Å². The summed E-state index contributed by atoms with van der Waals surface area (Å²) in [6, 6.07) is 8.90. The van der Waals surface area contributed by atoms with Gasteiger partial charge in [0.15, 0.2) is 5.76 Å². The standard InChI is InChI=1S/C13H17N3O3S/c1-9-13(10(2)19-16-9)20(17,18)15-8-12(14)11-6-4-3-5-7-11/h3-7,12,15H,8,14H2,1-2H3/t12-/m0/s1. The van der Waals surface area contributed by atoms with Gasteiger partial charge in [-0.1, -0.05) is 35.5 Å². The van der Waals surface area contributed by atoms with Gasteiger partial charge >= 0.3 is 0 Å². The quantitative estimate of drug-likeness (QED) is 0.865. The third kappa shape index (κ3) is 3.06. The summed E-state index contributed by atoms with van der Waals surface area (Å²) in [5.74, 6) is 0.267. The molecule has 108 valence electrons. The van der Waals surface area contributed by atoms with Crippen LogP contribution in [0, 0.1) is 13.8 Å². The van der Waals surface area contributed by atoms with Crippen molar-refractivity contribution < 1.29 is 12.9 Å². The molecule has 0 saturated heterocycles. The van der Waals surface area contributed by atoms with Gasteiger partial charge in [-0.3, -0.25) is 0 Å². The first-order valence-corrected chi connectivity index (χ1v) is 7.63. The molecule has 3 N–H and O–H groups in total. The Morgan fingerprint density at radius 1 is 1.30 bits per heavy atom. The third-order valence-corrected chi connectivity index (χ3v) is 4.62. The summed E-state index contributed by atoms with van der Waals surface area (Å²) in [5, 5.41) is 3.64. The topological polar surface area (TPSA) is 98.2 Å². The van der Waals surface area contributed by atoms with Gasteiger partial charge in [0.25, 0.3) is 0 Å². The van der Waals surface area contributed by atoms with E-state index in [2.05, 4.69) is 9.88 Å². The Labute approximate surface area is 118 Å². The zero-order valence-electron chi connectivity index (χ0n) is 11.3. The Hall–Kier alpha value is -1.70. The van der Waals surface area contributed by atoms with Crippen molar-refractivity contribution in [1.82, 2.24) is 9.88 Å². The molecule has 1 aromatic carbocycles. The minimum absolute atomic E-state index is 0.0813. The second-order valence-corrected chi connectivity index (χ2v) is 6.23. The Bertz CT molecular complexity index is 661. The smallest absolute Gasteiger partial charge is 0.246 e. The second kappa shape index (κ2) is 5.74. The molecule has 0 bridgehead atoms. The number of sulfonamides is 1. The van der Waals surface area contributed by atoms with Crippen LogP contribution in [-0.4, -0.2) is 20.1 Å². The lowest BCUT2D eigenvalue weighted by Crippen LogP contribution is -2.32. The minimum Gasteiger partial charge on any atom is -0.360 e. The summed E-state index contributed by atoms with van der Waals surface area (Å²) in [6.45, 7) is 3.25. The highest BCUT2D eigenvalue weighted by molar-refractivity contribution is 7.89. The van der Waals surface area contributed by atoms with Crippen LogP contribution in [0.15, 0.2) is 39.8 Å². The lowest BCUT2D eigenvalue weighted by atomic mass is 10.1. The highest BCUT2D eigenvalue weighted by atomic mass is 32.2. The van der Waals surface area contributed by atoms with E-state index in [-0.39, 0.29) is 17.2 Å². The predicted molar refractivity (Wildman–Crippen MR) is 74.5 cm³/mol. The summed E-state index contributed by atoms with van der Waals surface area (Å²) < 4.78 is 31.8. The van der Waals surface area contributed by atoms with Gasteiger partial charge in [0.1, 0.15) is 10.6 Å². The van der Waals surface area contributed by atoms with Crippen LogP contribution in [0.5, 0.6) is 0 Å². The van der Waals surface area contributed by atoms with E-state index in [0.29, 0.717) is 5.69 Å². The number of benzene rings is 1. The van der Waals surface area contributed by atoms with Crippen LogP contribution in [0.25, 0.3) is 0 Å². The monoisotopic (exact) mass is 295 g/mol. The van der Waals surface area contributed by atoms with Crippen molar-refractivity contribution in [2.24, 2.45) is 5.73 Å². The Morgan fingerprint density at radius 3 is 2.50 bits per heavy atom. The molecule has 0 aliphatic heterocycles. The van der Waals surface area contributed by atoms with Crippen LogP contribution in [0.3, 0.4) is 0 Å². The number of nitrogens with zero attached hydrogens (tertiary/aromatic N) is 1. The lowest BCUT2D eigenvalue weighted by molar-refractivity contribution is 0.390. The first-order valence-electron chi connectivity index (χ1n) is 6.15.